The Kier molecular flexibility index (Phi) is 6.99. The van der Waals surface area contributed by atoms with Gasteiger partial charge in [0.1, 0.15) is 5.69 Å². The smallest absolute Gasteiger partial charge is 0.243 e. The van der Waals surface area contributed by atoms with E-state index in [9.17, 15) is 16.8 Å². The van der Waals surface area contributed by atoms with E-state index in [4.69, 9.17) is 13.9 Å². The van der Waals surface area contributed by atoms with Crippen LogP contribution in [0.15, 0.2) is 62.7 Å². The third-order valence-corrected chi connectivity index (χ3v) is 10.0. The zero-order chi connectivity index (χ0) is 25.3. The number of rotatable bonds is 6. The predicted octanol–water partition coefficient (Wildman–Crippen LogP) is 2.36. The number of aromatic nitrogens is 1. The molecule has 2 aliphatic heterocycles. The molecule has 0 aliphatic carbocycles. The van der Waals surface area contributed by atoms with Gasteiger partial charge in [-0.1, -0.05) is 12.1 Å². The lowest BCUT2D eigenvalue weighted by Crippen LogP contribution is -2.40. The Hall–Kier alpha value is -2.61. The number of sulfonamides is 2. The number of benzene rings is 2. The first kappa shape index (κ1) is 25.1. The van der Waals surface area contributed by atoms with Gasteiger partial charge in [0.05, 0.1) is 36.2 Å². The Morgan fingerprint density at radius 3 is 1.53 bits per heavy atom. The molecular formula is C24H27N3O7S2. The topological polar surface area (TPSA) is 119 Å². The molecule has 5 rings (SSSR count). The summed E-state index contributed by atoms with van der Waals surface area (Å²) in [7, 11) is -7.21. The van der Waals surface area contributed by atoms with E-state index >= 15 is 0 Å². The third kappa shape index (κ3) is 4.84. The van der Waals surface area contributed by atoms with Crippen LogP contribution in [0.3, 0.4) is 0 Å². The molecule has 3 aromatic rings. The summed E-state index contributed by atoms with van der Waals surface area (Å²) in [6.07, 6.45) is 0. The van der Waals surface area contributed by atoms with E-state index in [-0.39, 0.29) is 9.79 Å². The Bertz CT molecular complexity index is 1310. The Morgan fingerprint density at radius 1 is 0.667 bits per heavy atom. The fourth-order valence-electron chi connectivity index (χ4n) is 4.25. The summed E-state index contributed by atoms with van der Waals surface area (Å²) in [5.41, 5.74) is 1.90. The van der Waals surface area contributed by atoms with Crippen molar-refractivity contribution in [3.8, 4) is 22.6 Å². The Balaban J connectivity index is 1.41. The molecule has 10 nitrogen and oxygen atoms in total. The molecule has 2 fully saturated rings. The Labute approximate surface area is 210 Å². The molecule has 192 valence electrons. The van der Waals surface area contributed by atoms with Crippen LogP contribution in [0.2, 0.25) is 0 Å². The van der Waals surface area contributed by atoms with Gasteiger partial charge in [-0.3, -0.25) is 0 Å². The van der Waals surface area contributed by atoms with Crippen molar-refractivity contribution >= 4 is 20.0 Å². The maximum atomic E-state index is 12.9. The maximum absolute atomic E-state index is 12.9. The molecule has 12 heteroatoms. The molecule has 0 saturated carbocycles. The molecule has 2 saturated heterocycles. The molecular weight excluding hydrogens is 506 g/mol. The van der Waals surface area contributed by atoms with Crippen molar-refractivity contribution in [2.45, 2.75) is 16.7 Å². The summed E-state index contributed by atoms with van der Waals surface area (Å²) < 4.78 is 70.9. The lowest BCUT2D eigenvalue weighted by atomic mass is 10.1. The van der Waals surface area contributed by atoms with Crippen LogP contribution in [0.4, 0.5) is 0 Å². The molecule has 0 amide bonds. The van der Waals surface area contributed by atoms with Gasteiger partial charge < -0.3 is 13.9 Å². The zero-order valence-corrected chi connectivity index (χ0v) is 21.4. The van der Waals surface area contributed by atoms with E-state index in [1.54, 1.807) is 55.5 Å². The molecule has 36 heavy (non-hydrogen) atoms. The van der Waals surface area contributed by atoms with E-state index in [0.717, 1.165) is 0 Å². The highest BCUT2D eigenvalue weighted by Gasteiger charge is 2.28. The number of oxazole rings is 1. The van der Waals surface area contributed by atoms with Gasteiger partial charge in [-0.2, -0.15) is 8.61 Å². The number of hydrogen-bond acceptors (Lipinski definition) is 8. The largest absolute Gasteiger partial charge is 0.440 e. The van der Waals surface area contributed by atoms with E-state index in [1.807, 2.05) is 0 Å². The van der Waals surface area contributed by atoms with Crippen molar-refractivity contribution in [1.82, 2.24) is 13.6 Å². The van der Waals surface area contributed by atoms with Crippen molar-refractivity contribution < 1.29 is 30.7 Å². The quantitative estimate of drug-likeness (QED) is 0.474. The first-order valence-corrected chi connectivity index (χ1v) is 14.5. The van der Waals surface area contributed by atoms with E-state index in [2.05, 4.69) is 4.98 Å². The lowest BCUT2D eigenvalue weighted by Gasteiger charge is -2.26. The van der Waals surface area contributed by atoms with Gasteiger partial charge >= 0.3 is 0 Å². The zero-order valence-electron chi connectivity index (χ0n) is 19.8. The second kappa shape index (κ2) is 10.0. The summed E-state index contributed by atoms with van der Waals surface area (Å²) in [5, 5.41) is 0. The minimum Gasteiger partial charge on any atom is -0.440 e. The normalized spacial score (nSPS) is 18.4. The Morgan fingerprint density at radius 2 is 1.08 bits per heavy atom. The highest BCUT2D eigenvalue weighted by molar-refractivity contribution is 7.89. The number of morpholine rings is 2. The molecule has 0 N–H and O–H groups in total. The van der Waals surface area contributed by atoms with Crippen LogP contribution >= 0.6 is 0 Å². The van der Waals surface area contributed by atoms with Crippen LogP contribution in [0.25, 0.3) is 22.6 Å². The average molecular weight is 534 g/mol. The second-order valence-electron chi connectivity index (χ2n) is 8.49. The highest BCUT2D eigenvalue weighted by atomic mass is 32.2. The first-order chi connectivity index (χ1) is 17.3. The van der Waals surface area contributed by atoms with Gasteiger partial charge in [-0.05, 0) is 36.4 Å². The fraction of sp³-hybridized carbons (Fsp3) is 0.375. The van der Waals surface area contributed by atoms with Gasteiger partial charge in [0.2, 0.25) is 20.0 Å². The van der Waals surface area contributed by atoms with E-state index < -0.39 is 20.0 Å². The van der Waals surface area contributed by atoms with Crippen molar-refractivity contribution in [1.29, 1.82) is 0 Å². The number of hydrogen-bond donors (Lipinski definition) is 0. The monoisotopic (exact) mass is 533 g/mol. The molecule has 0 unspecified atom stereocenters. The number of ether oxygens (including phenoxy) is 2. The van der Waals surface area contributed by atoms with Crippen LogP contribution in [-0.4, -0.2) is 83.0 Å². The van der Waals surface area contributed by atoms with E-state index in [1.165, 1.54) is 8.61 Å². The summed E-state index contributed by atoms with van der Waals surface area (Å²) in [6.45, 7) is 4.55. The van der Waals surface area contributed by atoms with Crippen molar-refractivity contribution in [2.75, 3.05) is 52.6 Å². The van der Waals surface area contributed by atoms with Crippen LogP contribution in [0.5, 0.6) is 0 Å². The third-order valence-electron chi connectivity index (χ3n) is 6.19. The SMILES string of the molecule is Cc1nc(-c2ccc(S(=O)(=O)N3CCOCC3)cc2)c(-c2ccc(S(=O)(=O)N3CCOCC3)cc2)o1. The van der Waals surface area contributed by atoms with Gasteiger partial charge in [-0.25, -0.2) is 21.8 Å². The minimum atomic E-state index is -3.61. The lowest BCUT2D eigenvalue weighted by molar-refractivity contribution is 0.0730. The minimum absolute atomic E-state index is 0.198. The summed E-state index contributed by atoms with van der Waals surface area (Å²) in [5.74, 6) is 0.918. The van der Waals surface area contributed by atoms with Gasteiger partial charge in [0.15, 0.2) is 11.7 Å². The molecule has 0 spiro atoms. The molecule has 1 aromatic heterocycles. The summed E-state index contributed by atoms with van der Waals surface area (Å²) >= 11 is 0. The first-order valence-electron chi connectivity index (χ1n) is 11.6. The van der Waals surface area contributed by atoms with Crippen molar-refractivity contribution in [3.05, 3.63) is 54.4 Å². The maximum Gasteiger partial charge on any atom is 0.243 e. The van der Waals surface area contributed by atoms with Crippen LogP contribution in [0, 0.1) is 6.92 Å². The van der Waals surface area contributed by atoms with Gasteiger partial charge in [0, 0.05) is 44.2 Å². The van der Waals surface area contributed by atoms with Crippen LogP contribution in [-0.2, 0) is 29.5 Å². The fourth-order valence-corrected chi connectivity index (χ4v) is 7.07. The van der Waals surface area contributed by atoms with Crippen LogP contribution < -0.4 is 0 Å². The number of aryl methyl sites for hydroxylation is 1. The predicted molar refractivity (Wildman–Crippen MR) is 131 cm³/mol. The average Bonchev–Trinajstić information content (AvgIpc) is 3.31. The summed E-state index contributed by atoms with van der Waals surface area (Å²) in [6, 6.07) is 13.0. The highest BCUT2D eigenvalue weighted by Crippen LogP contribution is 2.34. The van der Waals surface area contributed by atoms with Crippen molar-refractivity contribution in [2.24, 2.45) is 0 Å². The molecule has 3 heterocycles. The van der Waals surface area contributed by atoms with Crippen LogP contribution in [0.1, 0.15) is 5.89 Å². The van der Waals surface area contributed by atoms with Crippen molar-refractivity contribution in [3.63, 3.8) is 0 Å². The van der Waals surface area contributed by atoms with E-state index in [0.29, 0.717) is 81.1 Å². The second-order valence-corrected chi connectivity index (χ2v) is 12.4. The molecule has 0 radical (unpaired) electrons. The molecule has 2 aliphatic rings. The van der Waals surface area contributed by atoms with Gasteiger partial charge in [-0.15, -0.1) is 0 Å². The summed E-state index contributed by atoms with van der Waals surface area (Å²) in [4.78, 5) is 4.90. The standard InChI is InChI=1S/C24H27N3O7S2/c1-18-25-23(19-2-6-21(7-3-19)35(28,29)26-10-14-32-15-11-26)24(34-18)20-4-8-22(9-5-20)36(30,31)27-12-16-33-17-13-27/h2-9H,10-17H2,1H3. The molecule has 0 atom stereocenters. The molecule has 2 aromatic carbocycles. The molecule has 0 bridgehead atoms. The number of nitrogens with zero attached hydrogens (tertiary/aromatic N) is 3. The van der Waals surface area contributed by atoms with Gasteiger partial charge in [0.25, 0.3) is 0 Å².